The fraction of sp³-hybridized carbons (Fsp3) is 0.385. The monoisotopic (exact) mass is 322 g/mol. The lowest BCUT2D eigenvalue weighted by atomic mass is 10.1. The number of halogens is 1. The molecule has 1 atom stereocenters. The lowest BCUT2D eigenvalue weighted by Crippen LogP contribution is -2.51. The number of amides is 1. The Hall–Kier alpha value is -1.40. The molecule has 1 amide bonds. The molecule has 0 bridgehead atoms. The van der Waals surface area contributed by atoms with Crippen molar-refractivity contribution in [1.82, 2.24) is 20.4 Å². The van der Waals surface area contributed by atoms with Crippen molar-refractivity contribution >= 4 is 32.7 Å². The van der Waals surface area contributed by atoms with Gasteiger partial charge in [-0.2, -0.15) is 5.10 Å². The first kappa shape index (κ1) is 12.6. The van der Waals surface area contributed by atoms with Crippen molar-refractivity contribution in [3.05, 3.63) is 28.4 Å². The maximum Gasteiger partial charge on any atom is 0.275 e. The maximum absolute atomic E-state index is 12.5. The Morgan fingerprint density at radius 2 is 2.37 bits per heavy atom. The number of rotatable bonds is 1. The number of carbonyl (C=O) groups excluding carboxylic acids is 1. The molecule has 1 aromatic heterocycles. The molecule has 0 aliphatic carbocycles. The van der Waals surface area contributed by atoms with Gasteiger partial charge in [0.25, 0.3) is 5.91 Å². The first-order valence-electron chi connectivity index (χ1n) is 6.31. The van der Waals surface area contributed by atoms with Crippen molar-refractivity contribution in [2.24, 2.45) is 0 Å². The van der Waals surface area contributed by atoms with Crippen LogP contribution in [-0.2, 0) is 0 Å². The first-order valence-corrected chi connectivity index (χ1v) is 7.11. The van der Waals surface area contributed by atoms with Gasteiger partial charge in [0.2, 0.25) is 0 Å². The predicted octanol–water partition coefficient (Wildman–Crippen LogP) is 1.76. The summed E-state index contributed by atoms with van der Waals surface area (Å²) in [5.74, 6) is -0.00213. The van der Waals surface area contributed by atoms with Gasteiger partial charge in [0.05, 0.1) is 5.52 Å². The van der Waals surface area contributed by atoms with Crippen molar-refractivity contribution in [3.8, 4) is 0 Å². The van der Waals surface area contributed by atoms with Gasteiger partial charge >= 0.3 is 0 Å². The molecule has 1 unspecified atom stereocenters. The number of carbonyl (C=O) groups is 1. The van der Waals surface area contributed by atoms with E-state index < -0.39 is 0 Å². The Bertz CT molecular complexity index is 624. The van der Waals surface area contributed by atoms with E-state index in [1.54, 1.807) is 0 Å². The number of H-pyrrole nitrogens is 1. The number of aromatic nitrogens is 2. The minimum absolute atomic E-state index is 0.00213. The zero-order valence-electron chi connectivity index (χ0n) is 10.6. The van der Waals surface area contributed by atoms with Crippen LogP contribution in [0.1, 0.15) is 17.4 Å². The molecule has 1 aromatic carbocycles. The number of nitrogens with one attached hydrogen (secondary N) is 2. The molecule has 2 N–H and O–H groups in total. The van der Waals surface area contributed by atoms with Crippen LogP contribution in [0.15, 0.2) is 22.7 Å². The Morgan fingerprint density at radius 1 is 1.53 bits per heavy atom. The van der Waals surface area contributed by atoms with E-state index >= 15 is 0 Å². The van der Waals surface area contributed by atoms with Crippen LogP contribution >= 0.6 is 15.9 Å². The summed E-state index contributed by atoms with van der Waals surface area (Å²) < 4.78 is 0.948. The van der Waals surface area contributed by atoms with E-state index in [2.05, 4.69) is 38.4 Å². The van der Waals surface area contributed by atoms with E-state index in [1.807, 2.05) is 23.1 Å². The third-order valence-corrected chi connectivity index (χ3v) is 3.88. The molecular formula is C13H15BrN4O. The van der Waals surface area contributed by atoms with Gasteiger partial charge in [0.15, 0.2) is 5.69 Å². The van der Waals surface area contributed by atoms with Crippen LogP contribution in [0.5, 0.6) is 0 Å². The number of fused-ring (bicyclic) bond motifs is 1. The molecule has 0 radical (unpaired) electrons. The highest BCUT2D eigenvalue weighted by atomic mass is 79.9. The van der Waals surface area contributed by atoms with E-state index in [4.69, 9.17) is 0 Å². The van der Waals surface area contributed by atoms with Crippen LogP contribution < -0.4 is 5.32 Å². The molecule has 19 heavy (non-hydrogen) atoms. The van der Waals surface area contributed by atoms with Gasteiger partial charge in [-0.05, 0) is 25.1 Å². The number of hydrogen-bond acceptors (Lipinski definition) is 3. The molecule has 0 saturated carbocycles. The fourth-order valence-corrected chi connectivity index (χ4v) is 2.78. The molecule has 1 aliphatic heterocycles. The normalized spacial score (nSPS) is 19.9. The number of nitrogens with zero attached hydrogens (tertiary/aromatic N) is 2. The summed E-state index contributed by atoms with van der Waals surface area (Å²) >= 11 is 3.43. The first-order chi connectivity index (χ1) is 9.15. The summed E-state index contributed by atoms with van der Waals surface area (Å²) in [7, 11) is 0. The largest absolute Gasteiger partial charge is 0.334 e. The molecule has 6 heteroatoms. The van der Waals surface area contributed by atoms with Crippen LogP contribution in [0.25, 0.3) is 10.9 Å². The number of piperazine rings is 1. The Morgan fingerprint density at radius 3 is 3.16 bits per heavy atom. The lowest BCUT2D eigenvalue weighted by Gasteiger charge is -2.31. The van der Waals surface area contributed by atoms with Crippen LogP contribution in [0.4, 0.5) is 0 Å². The van der Waals surface area contributed by atoms with Gasteiger partial charge in [-0.1, -0.05) is 15.9 Å². The molecule has 100 valence electrons. The second-order valence-electron chi connectivity index (χ2n) is 4.87. The second kappa shape index (κ2) is 4.94. The summed E-state index contributed by atoms with van der Waals surface area (Å²) in [6.45, 7) is 4.37. The smallest absolute Gasteiger partial charge is 0.275 e. The van der Waals surface area contributed by atoms with Gasteiger partial charge in [-0.3, -0.25) is 9.89 Å². The summed E-state index contributed by atoms with van der Waals surface area (Å²) in [5.41, 5.74) is 1.39. The fourth-order valence-electron chi connectivity index (χ4n) is 2.42. The Labute approximate surface area is 119 Å². The summed E-state index contributed by atoms with van der Waals surface area (Å²) in [5, 5.41) is 11.3. The second-order valence-corrected chi connectivity index (χ2v) is 5.78. The van der Waals surface area contributed by atoms with E-state index in [-0.39, 0.29) is 5.91 Å². The zero-order chi connectivity index (χ0) is 13.4. The molecule has 5 nitrogen and oxygen atoms in total. The average Bonchev–Trinajstić information content (AvgIpc) is 2.80. The van der Waals surface area contributed by atoms with E-state index in [9.17, 15) is 4.79 Å². The van der Waals surface area contributed by atoms with Gasteiger partial charge < -0.3 is 10.2 Å². The minimum atomic E-state index is -0.00213. The molecule has 2 heterocycles. The number of benzene rings is 1. The minimum Gasteiger partial charge on any atom is -0.334 e. The highest BCUT2D eigenvalue weighted by Crippen LogP contribution is 2.22. The van der Waals surface area contributed by atoms with Gasteiger partial charge in [0, 0.05) is 35.5 Å². The van der Waals surface area contributed by atoms with Gasteiger partial charge in [-0.15, -0.1) is 0 Å². The predicted molar refractivity (Wildman–Crippen MR) is 77.2 cm³/mol. The van der Waals surface area contributed by atoms with Crippen LogP contribution in [-0.4, -0.2) is 46.7 Å². The highest BCUT2D eigenvalue weighted by molar-refractivity contribution is 9.10. The van der Waals surface area contributed by atoms with Crippen LogP contribution in [0, 0.1) is 0 Å². The third-order valence-electron chi connectivity index (χ3n) is 3.38. The molecule has 3 rings (SSSR count). The van der Waals surface area contributed by atoms with Crippen molar-refractivity contribution in [2.45, 2.75) is 13.0 Å². The Kier molecular flexibility index (Phi) is 3.28. The third kappa shape index (κ3) is 2.37. The highest BCUT2D eigenvalue weighted by Gasteiger charge is 2.24. The molecule has 1 saturated heterocycles. The Balaban J connectivity index is 1.95. The van der Waals surface area contributed by atoms with Crippen molar-refractivity contribution in [1.29, 1.82) is 0 Å². The topological polar surface area (TPSA) is 61.0 Å². The van der Waals surface area contributed by atoms with Crippen molar-refractivity contribution in [2.75, 3.05) is 19.6 Å². The molecular weight excluding hydrogens is 308 g/mol. The average molecular weight is 323 g/mol. The maximum atomic E-state index is 12.5. The van der Waals surface area contributed by atoms with Gasteiger partial charge in [0.1, 0.15) is 0 Å². The number of hydrogen-bond donors (Lipinski definition) is 2. The van der Waals surface area contributed by atoms with Crippen molar-refractivity contribution < 1.29 is 4.79 Å². The van der Waals surface area contributed by atoms with E-state index in [0.29, 0.717) is 11.7 Å². The molecule has 1 fully saturated rings. The van der Waals surface area contributed by atoms with E-state index in [1.165, 1.54) is 0 Å². The SMILES string of the molecule is CC1CN(C(=O)c2n[nH]c3ccc(Br)cc23)CCN1. The molecule has 2 aromatic rings. The van der Waals surface area contributed by atoms with Gasteiger partial charge in [-0.25, -0.2) is 0 Å². The quantitative estimate of drug-likeness (QED) is 0.841. The summed E-state index contributed by atoms with van der Waals surface area (Å²) in [6, 6.07) is 6.11. The van der Waals surface area contributed by atoms with Crippen molar-refractivity contribution in [3.63, 3.8) is 0 Å². The lowest BCUT2D eigenvalue weighted by molar-refractivity contribution is 0.0705. The molecule has 1 aliphatic rings. The van der Waals surface area contributed by atoms with Crippen LogP contribution in [0.3, 0.4) is 0 Å². The standard InChI is InChI=1S/C13H15BrN4O/c1-8-7-18(5-4-15-8)13(19)12-10-6-9(14)2-3-11(10)16-17-12/h2-3,6,8,15H,4-5,7H2,1H3,(H,16,17). The van der Waals surface area contributed by atoms with E-state index in [0.717, 1.165) is 35.0 Å². The summed E-state index contributed by atoms with van der Waals surface area (Å²) in [6.07, 6.45) is 0. The zero-order valence-corrected chi connectivity index (χ0v) is 12.2. The summed E-state index contributed by atoms with van der Waals surface area (Å²) in [4.78, 5) is 14.4. The van der Waals surface area contributed by atoms with Crippen LogP contribution in [0.2, 0.25) is 0 Å². The number of aromatic amines is 1. The molecule has 0 spiro atoms.